The molecule has 0 saturated carbocycles. The highest BCUT2D eigenvalue weighted by molar-refractivity contribution is 6.51. The molecule has 0 aliphatic carbocycles. The van der Waals surface area contributed by atoms with Gasteiger partial charge in [0.1, 0.15) is 11.5 Å². The van der Waals surface area contributed by atoms with E-state index in [9.17, 15) is 19.5 Å². The molecular formula is C26H21ClN2O5. The Morgan fingerprint density at radius 1 is 0.971 bits per heavy atom. The number of ketones is 1. The van der Waals surface area contributed by atoms with Gasteiger partial charge < -0.3 is 15.2 Å². The Morgan fingerprint density at radius 2 is 1.59 bits per heavy atom. The van der Waals surface area contributed by atoms with Gasteiger partial charge in [-0.25, -0.2) is 0 Å². The predicted molar refractivity (Wildman–Crippen MR) is 130 cm³/mol. The molecule has 1 saturated heterocycles. The van der Waals surface area contributed by atoms with Crippen LogP contribution in [0.3, 0.4) is 0 Å². The molecule has 34 heavy (non-hydrogen) atoms. The molecule has 1 fully saturated rings. The van der Waals surface area contributed by atoms with E-state index in [0.29, 0.717) is 33.3 Å². The van der Waals surface area contributed by atoms with Gasteiger partial charge in [-0.05, 0) is 66.2 Å². The van der Waals surface area contributed by atoms with Crippen molar-refractivity contribution >= 4 is 46.3 Å². The highest BCUT2D eigenvalue weighted by Gasteiger charge is 2.47. The number of nitrogens with zero attached hydrogens (tertiary/aromatic N) is 1. The SMILES string of the molecule is COc1ccc([C@H]2C(=C(O)c3ccc(Cl)cc3)C(=O)C(=O)N2c2ccc(NC(C)=O)cc2)cc1. The zero-order valence-corrected chi connectivity index (χ0v) is 19.2. The monoisotopic (exact) mass is 476 g/mol. The third kappa shape index (κ3) is 4.38. The lowest BCUT2D eigenvalue weighted by Crippen LogP contribution is -2.29. The molecule has 1 aliphatic rings. The van der Waals surface area contributed by atoms with Crippen molar-refractivity contribution in [3.63, 3.8) is 0 Å². The Labute approximate surface area is 201 Å². The summed E-state index contributed by atoms with van der Waals surface area (Å²) in [5.74, 6) is -1.50. The van der Waals surface area contributed by atoms with Gasteiger partial charge in [0.2, 0.25) is 5.91 Å². The maximum Gasteiger partial charge on any atom is 0.300 e. The minimum atomic E-state index is -0.881. The van der Waals surface area contributed by atoms with Crippen LogP contribution in [0.1, 0.15) is 24.1 Å². The van der Waals surface area contributed by atoms with E-state index in [2.05, 4.69) is 5.32 Å². The molecule has 8 heteroatoms. The van der Waals surface area contributed by atoms with Gasteiger partial charge in [-0.15, -0.1) is 0 Å². The Balaban J connectivity index is 1.86. The summed E-state index contributed by atoms with van der Waals surface area (Å²) in [6.07, 6.45) is 0. The minimum absolute atomic E-state index is 0.0385. The molecule has 0 aromatic heterocycles. The van der Waals surface area contributed by atoms with E-state index >= 15 is 0 Å². The van der Waals surface area contributed by atoms with Crippen molar-refractivity contribution in [1.82, 2.24) is 0 Å². The summed E-state index contributed by atoms with van der Waals surface area (Å²) in [6, 6.07) is 18.9. The summed E-state index contributed by atoms with van der Waals surface area (Å²) >= 11 is 5.96. The van der Waals surface area contributed by atoms with Crippen molar-refractivity contribution < 1.29 is 24.2 Å². The highest BCUT2D eigenvalue weighted by Crippen LogP contribution is 2.42. The molecule has 3 aromatic rings. The van der Waals surface area contributed by atoms with E-state index in [1.807, 2.05) is 0 Å². The van der Waals surface area contributed by atoms with Crippen molar-refractivity contribution in [2.45, 2.75) is 13.0 Å². The molecule has 0 radical (unpaired) electrons. The molecule has 7 nitrogen and oxygen atoms in total. The van der Waals surface area contributed by atoms with E-state index in [1.165, 1.54) is 18.9 Å². The first kappa shape index (κ1) is 23.1. The first-order valence-corrected chi connectivity index (χ1v) is 10.8. The van der Waals surface area contributed by atoms with Crippen molar-refractivity contribution in [2.75, 3.05) is 17.3 Å². The lowest BCUT2D eigenvalue weighted by Gasteiger charge is -2.25. The largest absolute Gasteiger partial charge is 0.507 e. The summed E-state index contributed by atoms with van der Waals surface area (Å²) in [5.41, 5.74) is 1.92. The second kappa shape index (κ2) is 9.41. The summed E-state index contributed by atoms with van der Waals surface area (Å²) in [7, 11) is 1.54. The molecule has 172 valence electrons. The number of amides is 2. The molecule has 3 aromatic carbocycles. The smallest absolute Gasteiger partial charge is 0.300 e. The molecule has 4 rings (SSSR count). The molecular weight excluding hydrogens is 456 g/mol. The van der Waals surface area contributed by atoms with E-state index < -0.39 is 17.7 Å². The van der Waals surface area contributed by atoms with Crippen LogP contribution < -0.4 is 15.0 Å². The van der Waals surface area contributed by atoms with Crippen molar-refractivity contribution in [2.24, 2.45) is 0 Å². The van der Waals surface area contributed by atoms with Crippen LogP contribution in [-0.4, -0.2) is 29.8 Å². The number of methoxy groups -OCH3 is 1. The Morgan fingerprint density at radius 3 is 2.15 bits per heavy atom. The molecule has 2 amide bonds. The van der Waals surface area contributed by atoms with Gasteiger partial charge in [0, 0.05) is 28.9 Å². The number of nitrogens with one attached hydrogen (secondary N) is 1. The molecule has 1 aliphatic heterocycles. The number of hydrogen-bond acceptors (Lipinski definition) is 5. The lowest BCUT2D eigenvalue weighted by molar-refractivity contribution is -0.132. The van der Waals surface area contributed by atoms with Crippen LogP contribution in [0.4, 0.5) is 11.4 Å². The van der Waals surface area contributed by atoms with Crippen molar-refractivity contribution in [1.29, 1.82) is 0 Å². The van der Waals surface area contributed by atoms with E-state index in [4.69, 9.17) is 16.3 Å². The molecule has 0 bridgehead atoms. The fourth-order valence-electron chi connectivity index (χ4n) is 3.87. The number of benzene rings is 3. The minimum Gasteiger partial charge on any atom is -0.507 e. The Bertz CT molecular complexity index is 1280. The van der Waals surface area contributed by atoms with E-state index in [0.717, 1.165) is 0 Å². The van der Waals surface area contributed by atoms with Crippen LogP contribution >= 0.6 is 11.6 Å². The molecule has 2 N–H and O–H groups in total. The van der Waals surface area contributed by atoms with Crippen molar-refractivity contribution in [3.8, 4) is 5.75 Å². The first-order valence-electron chi connectivity index (χ1n) is 10.4. The predicted octanol–water partition coefficient (Wildman–Crippen LogP) is 4.93. The van der Waals surface area contributed by atoms with Crippen LogP contribution in [0.5, 0.6) is 5.75 Å². The summed E-state index contributed by atoms with van der Waals surface area (Å²) < 4.78 is 5.23. The summed E-state index contributed by atoms with van der Waals surface area (Å²) in [5, 5.41) is 14.2. The van der Waals surface area contributed by atoms with Crippen LogP contribution in [0, 0.1) is 0 Å². The molecule has 1 heterocycles. The Kier molecular flexibility index (Phi) is 6.38. The fraction of sp³-hybridized carbons (Fsp3) is 0.115. The van der Waals surface area contributed by atoms with Gasteiger partial charge in [0.05, 0.1) is 18.7 Å². The second-order valence-electron chi connectivity index (χ2n) is 7.68. The average molecular weight is 477 g/mol. The van der Waals surface area contributed by atoms with Crippen molar-refractivity contribution in [3.05, 3.63) is 94.5 Å². The number of ether oxygens (including phenoxy) is 1. The number of anilines is 2. The number of aliphatic hydroxyl groups is 1. The van der Waals surface area contributed by atoms with Crippen LogP contribution in [0.2, 0.25) is 5.02 Å². The standard InChI is InChI=1S/C26H21ClN2O5/c1-15(30)28-19-9-11-20(12-10-19)29-23(16-5-13-21(34-2)14-6-16)22(25(32)26(29)33)24(31)17-3-7-18(27)8-4-17/h3-14,23,31H,1-2H3,(H,28,30)/t23-/m0/s1. The maximum absolute atomic E-state index is 13.2. The maximum atomic E-state index is 13.2. The molecule has 0 unspecified atom stereocenters. The fourth-order valence-corrected chi connectivity index (χ4v) is 4.00. The summed E-state index contributed by atoms with van der Waals surface area (Å²) in [4.78, 5) is 39.0. The van der Waals surface area contributed by atoms with Crippen LogP contribution in [0.25, 0.3) is 5.76 Å². The number of carbonyl (C=O) groups is 3. The number of hydrogen-bond donors (Lipinski definition) is 2. The van der Waals surface area contributed by atoms with Gasteiger partial charge in [0.25, 0.3) is 11.7 Å². The Hall–Kier alpha value is -4.10. The van der Waals surface area contributed by atoms with Gasteiger partial charge in [0.15, 0.2) is 0 Å². The van der Waals surface area contributed by atoms with Gasteiger partial charge in [-0.2, -0.15) is 0 Å². The topological polar surface area (TPSA) is 95.9 Å². The van der Waals surface area contributed by atoms with Gasteiger partial charge in [-0.1, -0.05) is 23.7 Å². The average Bonchev–Trinajstić information content (AvgIpc) is 3.10. The second-order valence-corrected chi connectivity index (χ2v) is 8.11. The normalized spacial score (nSPS) is 17.0. The number of aliphatic hydroxyl groups excluding tert-OH is 1. The quantitative estimate of drug-likeness (QED) is 0.309. The molecule has 0 spiro atoms. The first-order chi connectivity index (χ1) is 16.3. The number of Topliss-reactive ketones (excluding diaryl/α,β-unsaturated/α-hetero) is 1. The summed E-state index contributed by atoms with van der Waals surface area (Å²) in [6.45, 7) is 1.40. The van der Waals surface area contributed by atoms with Gasteiger partial charge in [-0.3, -0.25) is 19.3 Å². The number of rotatable bonds is 5. The highest BCUT2D eigenvalue weighted by atomic mass is 35.5. The lowest BCUT2D eigenvalue weighted by atomic mass is 9.95. The van der Waals surface area contributed by atoms with E-state index in [-0.39, 0.29) is 17.2 Å². The van der Waals surface area contributed by atoms with E-state index in [1.54, 1.807) is 72.8 Å². The van der Waals surface area contributed by atoms with Crippen LogP contribution in [-0.2, 0) is 14.4 Å². The third-order valence-electron chi connectivity index (χ3n) is 5.46. The van der Waals surface area contributed by atoms with Crippen LogP contribution in [0.15, 0.2) is 78.4 Å². The zero-order chi connectivity index (χ0) is 24.4. The number of carbonyl (C=O) groups excluding carboxylic acids is 3. The molecule has 1 atom stereocenters. The third-order valence-corrected chi connectivity index (χ3v) is 5.71. The zero-order valence-electron chi connectivity index (χ0n) is 18.4. The number of halogens is 1. The van der Waals surface area contributed by atoms with Gasteiger partial charge >= 0.3 is 0 Å².